The molecule has 2 aliphatic rings. The highest BCUT2D eigenvalue weighted by Crippen LogP contribution is 2.51. The molecule has 0 atom stereocenters. The van der Waals surface area contributed by atoms with E-state index in [0.29, 0.717) is 34.9 Å². The maximum atomic E-state index is 15.6. The number of fused-ring (bicyclic) bond motifs is 1. The van der Waals surface area contributed by atoms with E-state index in [1.54, 1.807) is 49.4 Å². The minimum Gasteiger partial charge on any atom is -0.478 e. The molecule has 1 saturated carbocycles. The van der Waals surface area contributed by atoms with Gasteiger partial charge in [-0.05, 0) is 79.3 Å². The van der Waals surface area contributed by atoms with E-state index in [4.69, 9.17) is 14.5 Å². The number of carboxylic acid groups (broad SMARTS) is 1. The van der Waals surface area contributed by atoms with Gasteiger partial charge in [0.25, 0.3) is 0 Å². The number of imidazole rings is 1. The number of rotatable bonds is 9. The Balaban J connectivity index is 1.15. The van der Waals surface area contributed by atoms with Gasteiger partial charge in [0.15, 0.2) is 0 Å². The number of aryl methyl sites for hydroxylation is 1. The van der Waals surface area contributed by atoms with Crippen molar-refractivity contribution in [2.75, 3.05) is 13.2 Å². The van der Waals surface area contributed by atoms with Crippen LogP contribution in [0.15, 0.2) is 66.7 Å². The number of hydrogen-bond donors (Lipinski definition) is 1. The van der Waals surface area contributed by atoms with Crippen molar-refractivity contribution in [2.24, 2.45) is 11.3 Å². The van der Waals surface area contributed by atoms with Crippen molar-refractivity contribution in [2.45, 2.75) is 39.3 Å². The van der Waals surface area contributed by atoms with Crippen molar-refractivity contribution < 1.29 is 32.5 Å². The van der Waals surface area contributed by atoms with E-state index in [2.05, 4.69) is 4.98 Å². The van der Waals surface area contributed by atoms with Crippen LogP contribution in [0.5, 0.6) is 5.88 Å². The van der Waals surface area contributed by atoms with Gasteiger partial charge in [0.2, 0.25) is 5.88 Å². The number of aromatic nitrogens is 3. The van der Waals surface area contributed by atoms with Crippen molar-refractivity contribution >= 4 is 17.0 Å². The summed E-state index contributed by atoms with van der Waals surface area (Å²) in [6.07, 6.45) is 2.01. The predicted octanol–water partition coefficient (Wildman–Crippen LogP) is 7.12. The lowest BCUT2D eigenvalue weighted by Gasteiger charge is -2.53. The van der Waals surface area contributed by atoms with Gasteiger partial charge < -0.3 is 19.1 Å². The summed E-state index contributed by atoms with van der Waals surface area (Å²) in [5, 5.41) is 9.57. The molecule has 0 amide bonds. The maximum absolute atomic E-state index is 15.6. The summed E-state index contributed by atoms with van der Waals surface area (Å²) < 4.78 is 58.4. The molecular formula is C35H30F3N3O4. The average Bonchev–Trinajstić information content (AvgIpc) is 3.30. The lowest BCUT2D eigenvalue weighted by atomic mass is 9.60. The van der Waals surface area contributed by atoms with Crippen LogP contribution in [0.1, 0.15) is 45.7 Å². The zero-order valence-corrected chi connectivity index (χ0v) is 24.5. The van der Waals surface area contributed by atoms with Crippen LogP contribution in [0.2, 0.25) is 0 Å². The number of carbonyl (C=O) groups is 1. The molecule has 1 spiro atoms. The van der Waals surface area contributed by atoms with Crippen LogP contribution in [-0.4, -0.2) is 38.8 Å². The largest absolute Gasteiger partial charge is 0.478 e. The molecule has 7 rings (SSSR count). The third-order valence-electron chi connectivity index (χ3n) is 8.84. The van der Waals surface area contributed by atoms with Crippen molar-refractivity contribution in [3.8, 4) is 17.1 Å². The topological polar surface area (TPSA) is 86.5 Å². The van der Waals surface area contributed by atoms with Crippen molar-refractivity contribution in [3.05, 3.63) is 112 Å². The third kappa shape index (κ3) is 5.66. The Morgan fingerprint density at radius 3 is 2.51 bits per heavy atom. The van der Waals surface area contributed by atoms with Gasteiger partial charge in [0.05, 0.1) is 35.5 Å². The van der Waals surface area contributed by atoms with Crippen molar-refractivity contribution in [1.82, 2.24) is 14.5 Å². The third-order valence-corrected chi connectivity index (χ3v) is 8.84. The zero-order chi connectivity index (χ0) is 31.3. The lowest BCUT2D eigenvalue weighted by molar-refractivity contribution is -0.180. The smallest absolute Gasteiger partial charge is 0.335 e. The lowest BCUT2D eigenvalue weighted by Crippen LogP contribution is -2.53. The Labute approximate surface area is 257 Å². The summed E-state index contributed by atoms with van der Waals surface area (Å²) in [5.41, 5.74) is 3.03. The van der Waals surface area contributed by atoms with Crippen molar-refractivity contribution in [1.29, 1.82) is 0 Å². The first kappa shape index (κ1) is 29.0. The standard InChI is InChI=1S/C35H30F3N3O4/c1-20-5-6-23(26(36)9-20)17-45-33-4-2-3-29(40-33)25-13-27(37)24(10-28(25)38)12-32-39-30-8-7-22(34(42)43)11-31(30)41(32)16-21-14-35(15-21)18-44-19-35/h2-11,13,21H,12,14-19H2,1H3,(H,42,43). The quantitative estimate of drug-likeness (QED) is 0.191. The van der Waals surface area contributed by atoms with Crippen LogP contribution in [0.25, 0.3) is 22.3 Å². The molecule has 1 N–H and O–H groups in total. The second-order valence-corrected chi connectivity index (χ2v) is 12.3. The number of pyridine rings is 1. The number of ether oxygens (including phenoxy) is 2. The second-order valence-electron chi connectivity index (χ2n) is 12.3. The van der Waals surface area contributed by atoms with Crippen molar-refractivity contribution in [3.63, 3.8) is 0 Å². The molecule has 2 aromatic heterocycles. The molecule has 10 heteroatoms. The zero-order valence-electron chi connectivity index (χ0n) is 24.5. The van der Waals surface area contributed by atoms with Crippen LogP contribution < -0.4 is 4.74 Å². The van der Waals surface area contributed by atoms with Crippen LogP contribution in [0.4, 0.5) is 13.2 Å². The molecule has 1 saturated heterocycles. The van der Waals surface area contributed by atoms with Crippen LogP contribution in [0.3, 0.4) is 0 Å². The number of aromatic carboxylic acids is 1. The fraction of sp³-hybridized carbons (Fsp3) is 0.286. The Hall–Kier alpha value is -4.70. The number of carboxylic acids is 1. The molecule has 45 heavy (non-hydrogen) atoms. The Bertz CT molecular complexity index is 1940. The number of hydrogen-bond acceptors (Lipinski definition) is 5. The Morgan fingerprint density at radius 2 is 1.78 bits per heavy atom. The monoisotopic (exact) mass is 613 g/mol. The number of benzene rings is 3. The highest BCUT2D eigenvalue weighted by molar-refractivity contribution is 5.92. The minimum absolute atomic E-state index is 0.0137. The molecule has 230 valence electrons. The first-order valence-corrected chi connectivity index (χ1v) is 14.8. The first-order valence-electron chi connectivity index (χ1n) is 14.8. The second kappa shape index (κ2) is 11.3. The SMILES string of the molecule is Cc1ccc(COc2cccc(-c3cc(F)c(Cc4nc5ccc(C(=O)O)cc5n4CC4CC5(COC5)C4)cc3F)n2)c(F)c1. The highest BCUT2D eigenvalue weighted by Gasteiger charge is 2.49. The molecule has 0 bridgehead atoms. The van der Waals surface area contributed by atoms with Crippen LogP contribution in [0, 0.1) is 35.7 Å². The summed E-state index contributed by atoms with van der Waals surface area (Å²) >= 11 is 0. The van der Waals surface area contributed by atoms with Gasteiger partial charge in [-0.3, -0.25) is 0 Å². The molecule has 0 unspecified atom stereocenters. The molecular weight excluding hydrogens is 583 g/mol. The predicted molar refractivity (Wildman–Crippen MR) is 161 cm³/mol. The van der Waals surface area contributed by atoms with Gasteiger partial charge in [0, 0.05) is 35.6 Å². The fourth-order valence-corrected chi connectivity index (χ4v) is 6.48. The summed E-state index contributed by atoms with van der Waals surface area (Å²) in [6, 6.07) is 16.5. The summed E-state index contributed by atoms with van der Waals surface area (Å²) in [6.45, 7) is 3.84. The fourth-order valence-electron chi connectivity index (χ4n) is 6.48. The van der Waals surface area contributed by atoms with E-state index in [9.17, 15) is 14.3 Å². The van der Waals surface area contributed by atoms with E-state index in [1.165, 1.54) is 12.1 Å². The van der Waals surface area contributed by atoms with E-state index in [1.807, 2.05) is 4.57 Å². The summed E-state index contributed by atoms with van der Waals surface area (Å²) in [4.78, 5) is 20.7. The summed E-state index contributed by atoms with van der Waals surface area (Å²) in [7, 11) is 0. The molecule has 0 radical (unpaired) electrons. The summed E-state index contributed by atoms with van der Waals surface area (Å²) in [5.74, 6) is -1.70. The normalized spacial score (nSPS) is 15.6. The Kier molecular flexibility index (Phi) is 7.32. The van der Waals surface area contributed by atoms with E-state index in [-0.39, 0.29) is 46.7 Å². The van der Waals surface area contributed by atoms with E-state index >= 15 is 8.78 Å². The molecule has 3 aromatic carbocycles. The van der Waals surface area contributed by atoms with Gasteiger partial charge >= 0.3 is 5.97 Å². The molecule has 1 aliphatic carbocycles. The van der Waals surface area contributed by atoms with Gasteiger partial charge in [0.1, 0.15) is 29.9 Å². The van der Waals surface area contributed by atoms with Gasteiger partial charge in [-0.25, -0.2) is 27.9 Å². The molecule has 7 nitrogen and oxygen atoms in total. The maximum Gasteiger partial charge on any atom is 0.335 e. The molecule has 5 aromatic rings. The molecule has 2 fully saturated rings. The Morgan fingerprint density at radius 1 is 0.978 bits per heavy atom. The van der Waals surface area contributed by atoms with Gasteiger partial charge in [-0.1, -0.05) is 18.2 Å². The van der Waals surface area contributed by atoms with Gasteiger partial charge in [-0.2, -0.15) is 0 Å². The average molecular weight is 614 g/mol. The number of halogens is 3. The van der Waals surface area contributed by atoms with Gasteiger partial charge in [-0.15, -0.1) is 0 Å². The molecule has 1 aliphatic heterocycles. The minimum atomic E-state index is -1.05. The van der Waals surface area contributed by atoms with Crippen LogP contribution >= 0.6 is 0 Å². The highest BCUT2D eigenvalue weighted by atomic mass is 19.1. The molecule has 3 heterocycles. The van der Waals surface area contributed by atoms with E-state index < -0.39 is 23.4 Å². The van der Waals surface area contributed by atoms with Crippen LogP contribution in [-0.2, 0) is 24.3 Å². The van der Waals surface area contributed by atoms with E-state index in [0.717, 1.165) is 43.8 Å². The first-order chi connectivity index (χ1) is 21.7. The number of nitrogens with zero attached hydrogens (tertiary/aromatic N) is 3.